The van der Waals surface area contributed by atoms with Crippen molar-refractivity contribution in [3.63, 3.8) is 0 Å². The van der Waals surface area contributed by atoms with E-state index in [0.29, 0.717) is 19.4 Å². The highest BCUT2D eigenvalue weighted by molar-refractivity contribution is 5.92. The molecule has 0 amide bonds. The molecule has 0 spiro atoms. The quantitative estimate of drug-likeness (QED) is 0.144. The van der Waals surface area contributed by atoms with E-state index in [0.717, 1.165) is 32.1 Å². The molecule has 0 saturated heterocycles. The molecule has 5 heteroatoms. The number of esters is 1. The molecule has 5 nitrogen and oxygen atoms in total. The summed E-state index contributed by atoms with van der Waals surface area (Å²) in [5, 5.41) is 9.67. The summed E-state index contributed by atoms with van der Waals surface area (Å²) in [7, 11) is 0. The van der Waals surface area contributed by atoms with Gasteiger partial charge in [0, 0.05) is 6.42 Å². The molecule has 1 aromatic rings. The Labute approximate surface area is 204 Å². The van der Waals surface area contributed by atoms with Gasteiger partial charge in [0.2, 0.25) is 0 Å². The monoisotopic (exact) mass is 468 g/mol. The van der Waals surface area contributed by atoms with Crippen LogP contribution in [0, 0.1) is 0 Å². The minimum atomic E-state index is -0.591. The zero-order valence-corrected chi connectivity index (χ0v) is 20.7. The van der Waals surface area contributed by atoms with Gasteiger partial charge >= 0.3 is 5.97 Å². The first-order chi connectivity index (χ1) is 16.6. The fraction of sp³-hybridized carbons (Fsp3) is 0.448. The van der Waals surface area contributed by atoms with Gasteiger partial charge in [-0.3, -0.25) is 4.79 Å². The smallest absolute Gasteiger partial charge is 0.341 e. The summed E-state index contributed by atoms with van der Waals surface area (Å²) in [6, 6.07) is 6.22. The van der Waals surface area contributed by atoms with E-state index < -0.39 is 12.1 Å². The molecule has 1 atom stereocenters. The van der Waals surface area contributed by atoms with E-state index >= 15 is 0 Å². The van der Waals surface area contributed by atoms with Gasteiger partial charge in [0.25, 0.3) is 0 Å². The van der Waals surface area contributed by atoms with Crippen LogP contribution in [0.2, 0.25) is 0 Å². The lowest BCUT2D eigenvalue weighted by Gasteiger charge is -2.14. The van der Waals surface area contributed by atoms with Gasteiger partial charge in [-0.05, 0) is 57.1 Å². The average Bonchev–Trinajstić information content (AvgIpc) is 2.84. The molecule has 0 saturated carbocycles. The molecule has 0 radical (unpaired) electrons. The van der Waals surface area contributed by atoms with Crippen LogP contribution in [0.25, 0.3) is 0 Å². The highest BCUT2D eigenvalue weighted by Crippen LogP contribution is 2.16. The topological polar surface area (TPSA) is 72.8 Å². The fourth-order valence-corrected chi connectivity index (χ4v) is 3.11. The molecule has 0 aliphatic carbocycles. The molecule has 0 aliphatic heterocycles. The maximum atomic E-state index is 12.4. The number of allylic oxidation sites excluding steroid dienone is 7. The van der Waals surface area contributed by atoms with E-state index in [1.54, 1.807) is 12.1 Å². The normalized spacial score (nSPS) is 12.9. The number of Topliss-reactive ketones (excluding diaryl/α,β-unsaturated/α-hetero) is 1. The van der Waals surface area contributed by atoms with Crippen LogP contribution in [0.15, 0.2) is 72.9 Å². The van der Waals surface area contributed by atoms with E-state index in [2.05, 4.69) is 55.5 Å². The van der Waals surface area contributed by atoms with Crippen LogP contribution in [-0.2, 0) is 14.3 Å². The number of para-hydroxylation sites is 1. The summed E-state index contributed by atoms with van der Waals surface area (Å²) >= 11 is 0. The van der Waals surface area contributed by atoms with Crippen LogP contribution in [-0.4, -0.2) is 36.2 Å². The summed E-state index contributed by atoms with van der Waals surface area (Å²) in [6.45, 7) is 4.68. The highest BCUT2D eigenvalue weighted by atomic mass is 16.5. The Balaban J connectivity index is 2.14. The van der Waals surface area contributed by atoms with Crippen molar-refractivity contribution in [1.82, 2.24) is 0 Å². The largest absolute Gasteiger partial charge is 0.507 e. The van der Waals surface area contributed by atoms with Gasteiger partial charge in [-0.15, -0.1) is 0 Å². The summed E-state index contributed by atoms with van der Waals surface area (Å²) in [4.78, 5) is 24.3. The molecule has 1 rings (SSSR count). The lowest BCUT2D eigenvalue weighted by Crippen LogP contribution is -2.24. The van der Waals surface area contributed by atoms with Crippen molar-refractivity contribution in [2.75, 3.05) is 13.2 Å². The lowest BCUT2D eigenvalue weighted by atomic mass is 10.1. The van der Waals surface area contributed by atoms with Crippen molar-refractivity contribution in [2.45, 2.75) is 71.3 Å². The number of ether oxygens (including phenoxy) is 2. The third-order valence-electron chi connectivity index (χ3n) is 4.98. The van der Waals surface area contributed by atoms with Gasteiger partial charge in [-0.1, -0.05) is 74.6 Å². The maximum Gasteiger partial charge on any atom is 0.341 e. The Hall–Kier alpha value is -2.92. The molecule has 1 unspecified atom stereocenters. The molecule has 0 bridgehead atoms. The van der Waals surface area contributed by atoms with Crippen LogP contribution >= 0.6 is 0 Å². The zero-order valence-electron chi connectivity index (χ0n) is 20.7. The summed E-state index contributed by atoms with van der Waals surface area (Å²) in [5.74, 6) is -0.686. The molecule has 186 valence electrons. The van der Waals surface area contributed by atoms with Gasteiger partial charge in [0.1, 0.15) is 17.4 Å². The molecule has 34 heavy (non-hydrogen) atoms. The second-order valence-corrected chi connectivity index (χ2v) is 7.78. The third-order valence-corrected chi connectivity index (χ3v) is 4.98. The summed E-state index contributed by atoms with van der Waals surface area (Å²) in [5.41, 5.74) is 0.124. The van der Waals surface area contributed by atoms with E-state index in [1.165, 1.54) is 12.1 Å². The first-order valence-electron chi connectivity index (χ1n) is 12.3. The molecular formula is C29H40O5. The van der Waals surface area contributed by atoms with Gasteiger partial charge in [0.05, 0.1) is 13.2 Å². The van der Waals surface area contributed by atoms with E-state index in [-0.39, 0.29) is 30.1 Å². The Morgan fingerprint density at radius 2 is 1.50 bits per heavy atom. The predicted molar refractivity (Wildman–Crippen MR) is 138 cm³/mol. The second kappa shape index (κ2) is 19.5. The zero-order chi connectivity index (χ0) is 24.9. The van der Waals surface area contributed by atoms with Gasteiger partial charge < -0.3 is 14.6 Å². The Kier molecular flexibility index (Phi) is 16.7. The molecular weight excluding hydrogens is 428 g/mol. The third kappa shape index (κ3) is 13.6. The molecule has 0 aromatic heterocycles. The minimum absolute atomic E-state index is 0.0197. The number of aromatic hydroxyl groups is 1. The average molecular weight is 469 g/mol. The molecule has 1 N–H and O–H groups in total. The van der Waals surface area contributed by atoms with Gasteiger partial charge in [0.15, 0.2) is 5.78 Å². The predicted octanol–water partition coefficient (Wildman–Crippen LogP) is 6.89. The number of ketones is 1. The van der Waals surface area contributed by atoms with Crippen molar-refractivity contribution >= 4 is 11.8 Å². The Morgan fingerprint density at radius 3 is 2.12 bits per heavy atom. The Bertz CT molecular complexity index is 820. The van der Waals surface area contributed by atoms with Crippen LogP contribution in [0.5, 0.6) is 5.75 Å². The standard InChI is InChI=1S/C29H40O5/c1-3-5-6-7-8-9-10-11-12-13-14-15-18-23-33-28(4-2)27(31)22-19-24-34-29(32)25-20-16-17-21-26(25)30/h5-6,8-9,11-12,14-17,20-21,28,30H,3-4,7,10,13,18-19,22-24H2,1-2H3/b6-5-,9-8-,12-11-,15-14-. The first kappa shape index (κ1) is 29.1. The number of hydrogen-bond donors (Lipinski definition) is 1. The highest BCUT2D eigenvalue weighted by Gasteiger charge is 2.17. The van der Waals surface area contributed by atoms with E-state index in [1.807, 2.05) is 6.92 Å². The number of phenolic OH excluding ortho intramolecular Hbond substituents is 1. The molecule has 0 fully saturated rings. The maximum absolute atomic E-state index is 12.4. The summed E-state index contributed by atoms with van der Waals surface area (Å²) < 4.78 is 10.9. The van der Waals surface area contributed by atoms with Crippen molar-refractivity contribution in [3.05, 3.63) is 78.4 Å². The SMILES string of the molecule is CC/C=C\C/C=C\C/C=C\C/C=C\CCOC(CC)C(=O)CCCOC(=O)c1ccccc1O. The van der Waals surface area contributed by atoms with Gasteiger partial charge in [-0.2, -0.15) is 0 Å². The Morgan fingerprint density at radius 1 is 0.882 bits per heavy atom. The van der Waals surface area contributed by atoms with E-state index in [4.69, 9.17) is 9.47 Å². The number of carbonyl (C=O) groups excluding carboxylic acids is 2. The number of carbonyl (C=O) groups is 2. The summed E-state index contributed by atoms with van der Waals surface area (Å²) in [6.07, 6.45) is 22.8. The van der Waals surface area contributed by atoms with Crippen LogP contribution in [0.4, 0.5) is 0 Å². The van der Waals surface area contributed by atoms with Crippen molar-refractivity contribution in [2.24, 2.45) is 0 Å². The second-order valence-electron chi connectivity index (χ2n) is 7.78. The number of hydrogen-bond acceptors (Lipinski definition) is 5. The first-order valence-corrected chi connectivity index (χ1v) is 12.3. The fourth-order valence-electron chi connectivity index (χ4n) is 3.11. The lowest BCUT2D eigenvalue weighted by molar-refractivity contribution is -0.131. The van der Waals surface area contributed by atoms with Crippen molar-refractivity contribution in [3.8, 4) is 5.75 Å². The molecule has 0 aliphatic rings. The minimum Gasteiger partial charge on any atom is -0.507 e. The van der Waals surface area contributed by atoms with E-state index in [9.17, 15) is 14.7 Å². The van der Waals surface area contributed by atoms with Crippen LogP contribution in [0.1, 0.15) is 75.6 Å². The van der Waals surface area contributed by atoms with Crippen LogP contribution in [0.3, 0.4) is 0 Å². The van der Waals surface area contributed by atoms with Crippen LogP contribution < -0.4 is 0 Å². The molecule has 0 heterocycles. The number of rotatable bonds is 18. The van der Waals surface area contributed by atoms with Crippen molar-refractivity contribution < 1.29 is 24.2 Å². The molecule has 1 aromatic carbocycles. The number of benzene rings is 1. The number of phenols is 1. The van der Waals surface area contributed by atoms with Crippen molar-refractivity contribution in [1.29, 1.82) is 0 Å². The van der Waals surface area contributed by atoms with Gasteiger partial charge in [-0.25, -0.2) is 4.79 Å².